The van der Waals surface area contributed by atoms with Gasteiger partial charge >= 0.3 is 0 Å². The van der Waals surface area contributed by atoms with E-state index in [1.807, 2.05) is 0 Å². The van der Waals surface area contributed by atoms with Crippen LogP contribution in [-0.2, 0) is 6.54 Å². The van der Waals surface area contributed by atoms with Gasteiger partial charge in [-0.15, -0.1) is 0 Å². The average Bonchev–Trinajstić information content (AvgIpc) is 2.47. The molecule has 0 radical (unpaired) electrons. The lowest BCUT2D eigenvalue weighted by atomic mass is 10.2. The second-order valence-corrected chi connectivity index (χ2v) is 4.23. The summed E-state index contributed by atoms with van der Waals surface area (Å²) in [6.07, 6.45) is 1.41. The molecular weight excluding hydrogens is 280 g/mol. The van der Waals surface area contributed by atoms with Gasteiger partial charge in [-0.05, 0) is 24.3 Å². The number of pyridine rings is 1. The summed E-state index contributed by atoms with van der Waals surface area (Å²) in [6, 6.07) is 4.62. The van der Waals surface area contributed by atoms with E-state index in [1.54, 1.807) is 0 Å². The average molecular weight is 293 g/mol. The molecule has 1 aromatic heterocycles. The highest BCUT2D eigenvalue weighted by molar-refractivity contribution is 5.95. The van der Waals surface area contributed by atoms with E-state index < -0.39 is 17.5 Å². The number of aromatic nitrogens is 1. The minimum atomic E-state index is -0.695. The van der Waals surface area contributed by atoms with Gasteiger partial charge in [0.25, 0.3) is 5.91 Å². The third-order valence-electron chi connectivity index (χ3n) is 2.80. The summed E-state index contributed by atoms with van der Waals surface area (Å²) in [6.45, 7) is 0.0375. The zero-order valence-electron chi connectivity index (χ0n) is 11.2. The second kappa shape index (κ2) is 6.17. The number of ether oxygens (including phenoxy) is 1. The van der Waals surface area contributed by atoms with Crippen molar-refractivity contribution >= 4 is 11.6 Å². The van der Waals surface area contributed by atoms with Gasteiger partial charge in [-0.2, -0.15) is 0 Å². The number of carbonyl (C=O) groups excluding carboxylic acids is 1. The Bertz CT molecular complexity index is 677. The number of hydrogen-bond acceptors (Lipinski definition) is 4. The van der Waals surface area contributed by atoms with Gasteiger partial charge in [0.05, 0.1) is 19.0 Å². The van der Waals surface area contributed by atoms with Crippen molar-refractivity contribution in [2.24, 2.45) is 5.73 Å². The fraction of sp³-hybridized carbons (Fsp3) is 0.143. The Morgan fingerprint density at radius 2 is 2.14 bits per heavy atom. The summed E-state index contributed by atoms with van der Waals surface area (Å²) in [4.78, 5) is 15.2. The Balaban J connectivity index is 2.18. The first-order valence-corrected chi connectivity index (χ1v) is 6.03. The summed E-state index contributed by atoms with van der Waals surface area (Å²) < 4.78 is 31.4. The van der Waals surface area contributed by atoms with Crippen molar-refractivity contribution in [1.29, 1.82) is 0 Å². The largest absolute Gasteiger partial charge is 0.480 e. The molecule has 0 aliphatic heterocycles. The molecule has 0 fully saturated rings. The van der Waals surface area contributed by atoms with E-state index in [-0.39, 0.29) is 23.6 Å². The second-order valence-electron chi connectivity index (χ2n) is 4.23. The first-order valence-electron chi connectivity index (χ1n) is 6.03. The van der Waals surface area contributed by atoms with Crippen LogP contribution in [0, 0.1) is 11.6 Å². The number of nitrogens with zero attached hydrogens (tertiary/aromatic N) is 1. The van der Waals surface area contributed by atoms with Crippen LogP contribution in [0.5, 0.6) is 5.88 Å². The molecule has 0 saturated heterocycles. The Labute approximate surface area is 119 Å². The first-order chi connectivity index (χ1) is 10.0. The van der Waals surface area contributed by atoms with Crippen molar-refractivity contribution < 1.29 is 18.3 Å². The van der Waals surface area contributed by atoms with Gasteiger partial charge in [-0.3, -0.25) is 4.79 Å². The molecule has 3 N–H and O–H groups in total. The van der Waals surface area contributed by atoms with Crippen LogP contribution in [0.15, 0.2) is 30.5 Å². The summed E-state index contributed by atoms with van der Waals surface area (Å²) in [7, 11) is 1.37. The molecule has 2 rings (SSSR count). The summed E-state index contributed by atoms with van der Waals surface area (Å²) in [5.41, 5.74) is 5.91. The Hall–Kier alpha value is -2.70. The van der Waals surface area contributed by atoms with Crippen LogP contribution in [0.4, 0.5) is 14.5 Å². The van der Waals surface area contributed by atoms with Crippen LogP contribution in [0.2, 0.25) is 0 Å². The van der Waals surface area contributed by atoms with Gasteiger partial charge in [-0.25, -0.2) is 13.8 Å². The lowest BCUT2D eigenvalue weighted by Gasteiger charge is -2.10. The number of hydrogen-bond donors (Lipinski definition) is 2. The number of benzene rings is 1. The Kier molecular flexibility index (Phi) is 4.32. The van der Waals surface area contributed by atoms with Gasteiger partial charge < -0.3 is 15.8 Å². The number of anilines is 1. The van der Waals surface area contributed by atoms with Crippen LogP contribution in [-0.4, -0.2) is 18.0 Å². The third-order valence-corrected chi connectivity index (χ3v) is 2.80. The lowest BCUT2D eigenvalue weighted by molar-refractivity contribution is 0.0996. The molecule has 21 heavy (non-hydrogen) atoms. The quantitative estimate of drug-likeness (QED) is 0.884. The maximum Gasteiger partial charge on any atom is 0.254 e. The molecule has 0 aliphatic carbocycles. The number of rotatable bonds is 5. The van der Waals surface area contributed by atoms with E-state index in [0.29, 0.717) is 5.69 Å². The predicted molar refractivity (Wildman–Crippen MR) is 73.0 cm³/mol. The minimum Gasteiger partial charge on any atom is -0.480 e. The van der Waals surface area contributed by atoms with Crippen molar-refractivity contribution in [2.75, 3.05) is 12.4 Å². The van der Waals surface area contributed by atoms with Gasteiger partial charge in [0, 0.05) is 12.1 Å². The molecule has 110 valence electrons. The molecule has 0 saturated carbocycles. The highest BCUT2D eigenvalue weighted by Gasteiger charge is 2.12. The minimum absolute atomic E-state index is 0.0375. The van der Waals surface area contributed by atoms with Crippen LogP contribution in [0.1, 0.15) is 15.9 Å². The number of methoxy groups -OCH3 is 1. The fourth-order valence-corrected chi connectivity index (χ4v) is 1.76. The smallest absolute Gasteiger partial charge is 0.254 e. The van der Waals surface area contributed by atoms with Crippen molar-refractivity contribution in [3.8, 4) is 5.88 Å². The predicted octanol–water partition coefficient (Wildman–Crippen LogP) is 2.08. The van der Waals surface area contributed by atoms with E-state index >= 15 is 0 Å². The molecule has 5 nitrogen and oxygen atoms in total. The van der Waals surface area contributed by atoms with Gasteiger partial charge in [0.1, 0.15) is 17.2 Å². The number of amides is 1. The van der Waals surface area contributed by atoms with Crippen molar-refractivity contribution in [3.05, 3.63) is 53.2 Å². The maximum absolute atomic E-state index is 13.5. The van der Waals surface area contributed by atoms with Crippen LogP contribution < -0.4 is 15.8 Å². The highest BCUT2D eigenvalue weighted by atomic mass is 19.1. The lowest BCUT2D eigenvalue weighted by Crippen LogP contribution is -2.14. The zero-order chi connectivity index (χ0) is 15.4. The fourth-order valence-electron chi connectivity index (χ4n) is 1.76. The van der Waals surface area contributed by atoms with Crippen LogP contribution in [0.3, 0.4) is 0 Å². The summed E-state index contributed by atoms with van der Waals surface area (Å²) in [5.74, 6) is -1.65. The molecule has 0 spiro atoms. The Morgan fingerprint density at radius 1 is 1.38 bits per heavy atom. The maximum atomic E-state index is 13.5. The standard InChI is InChI=1S/C14H13F2N3O2/c1-21-14-11(13(17)20)5-10(7-19-14)18-6-8-4-9(15)2-3-12(8)16/h2-5,7,18H,6H2,1H3,(H2,17,20). The number of carbonyl (C=O) groups is 1. The van der Waals surface area contributed by atoms with E-state index in [0.717, 1.165) is 18.2 Å². The topological polar surface area (TPSA) is 77.2 Å². The Morgan fingerprint density at radius 3 is 2.81 bits per heavy atom. The number of nitrogens with one attached hydrogen (secondary N) is 1. The molecule has 1 heterocycles. The van der Waals surface area contributed by atoms with Gasteiger partial charge in [-0.1, -0.05) is 0 Å². The first kappa shape index (κ1) is 14.7. The monoisotopic (exact) mass is 293 g/mol. The SMILES string of the molecule is COc1ncc(NCc2cc(F)ccc2F)cc1C(N)=O. The number of nitrogens with two attached hydrogens (primary N) is 1. The molecule has 0 atom stereocenters. The molecule has 2 aromatic rings. The van der Waals surface area contributed by atoms with Crippen molar-refractivity contribution in [1.82, 2.24) is 4.98 Å². The normalized spacial score (nSPS) is 10.2. The molecule has 7 heteroatoms. The van der Waals surface area contributed by atoms with E-state index in [4.69, 9.17) is 10.5 Å². The van der Waals surface area contributed by atoms with Crippen molar-refractivity contribution in [2.45, 2.75) is 6.54 Å². The molecule has 0 aliphatic rings. The van der Waals surface area contributed by atoms with Crippen LogP contribution >= 0.6 is 0 Å². The number of primary amides is 1. The molecule has 0 bridgehead atoms. The highest BCUT2D eigenvalue weighted by Crippen LogP contribution is 2.19. The summed E-state index contributed by atoms with van der Waals surface area (Å²) >= 11 is 0. The molecule has 1 amide bonds. The molecule has 0 unspecified atom stereocenters. The molecular formula is C14H13F2N3O2. The van der Waals surface area contributed by atoms with Gasteiger partial charge in [0.2, 0.25) is 5.88 Å². The van der Waals surface area contributed by atoms with E-state index in [2.05, 4.69) is 10.3 Å². The molecule has 1 aromatic carbocycles. The van der Waals surface area contributed by atoms with E-state index in [9.17, 15) is 13.6 Å². The van der Waals surface area contributed by atoms with Crippen molar-refractivity contribution in [3.63, 3.8) is 0 Å². The number of halogens is 2. The zero-order valence-corrected chi connectivity index (χ0v) is 11.2. The summed E-state index contributed by atoms with van der Waals surface area (Å²) in [5, 5.41) is 2.84. The van der Waals surface area contributed by atoms with Gasteiger partial charge in [0.15, 0.2) is 0 Å². The third kappa shape index (κ3) is 3.44. The van der Waals surface area contributed by atoms with E-state index in [1.165, 1.54) is 19.4 Å². The van der Waals surface area contributed by atoms with Crippen LogP contribution in [0.25, 0.3) is 0 Å².